The second kappa shape index (κ2) is 7.91. The van der Waals surface area contributed by atoms with Crippen LogP contribution in [0.15, 0.2) is 24.3 Å². The maximum absolute atomic E-state index is 12.7. The summed E-state index contributed by atoms with van der Waals surface area (Å²) in [6.45, 7) is 8.39. The van der Waals surface area contributed by atoms with Gasteiger partial charge in [0.15, 0.2) is 0 Å². The van der Waals surface area contributed by atoms with Gasteiger partial charge in [0.25, 0.3) is 0 Å². The Labute approximate surface area is 162 Å². The molecule has 1 aliphatic carbocycles. The summed E-state index contributed by atoms with van der Waals surface area (Å²) in [7, 11) is 1.36. The molecule has 0 spiro atoms. The third kappa shape index (κ3) is 4.63. The number of piperidine rings is 1. The van der Waals surface area contributed by atoms with Crippen LogP contribution in [0.5, 0.6) is 0 Å². The Morgan fingerprint density at radius 1 is 1.15 bits per heavy atom. The zero-order valence-electron chi connectivity index (χ0n) is 17.0. The van der Waals surface area contributed by atoms with Gasteiger partial charge in [0.2, 0.25) is 5.91 Å². The number of carbonyl (C=O) groups excluding carboxylic acids is 2. The molecule has 5 heteroatoms. The van der Waals surface area contributed by atoms with Gasteiger partial charge in [-0.1, -0.05) is 45.0 Å². The lowest BCUT2D eigenvalue weighted by molar-refractivity contribution is -0.140. The molecule has 2 fully saturated rings. The van der Waals surface area contributed by atoms with E-state index in [1.165, 1.54) is 18.2 Å². The average molecular weight is 373 g/mol. The Morgan fingerprint density at radius 2 is 1.81 bits per heavy atom. The molecule has 148 valence electrons. The summed E-state index contributed by atoms with van der Waals surface area (Å²) in [6.07, 6.45) is 3.08. The molecule has 0 aromatic heterocycles. The van der Waals surface area contributed by atoms with Crippen molar-refractivity contribution in [3.8, 4) is 0 Å². The molecule has 1 N–H and O–H groups in total. The fourth-order valence-electron chi connectivity index (χ4n) is 4.11. The Hall–Kier alpha value is -2.04. The third-order valence-corrected chi connectivity index (χ3v) is 6.03. The van der Waals surface area contributed by atoms with Crippen molar-refractivity contribution in [2.45, 2.75) is 63.8 Å². The van der Waals surface area contributed by atoms with Crippen LogP contribution in [-0.4, -0.2) is 43.1 Å². The predicted octanol–water partition coefficient (Wildman–Crippen LogP) is 3.82. The van der Waals surface area contributed by atoms with E-state index in [-0.39, 0.29) is 23.3 Å². The lowest BCUT2D eigenvalue weighted by Gasteiger charge is -2.40. The van der Waals surface area contributed by atoms with Crippen molar-refractivity contribution in [1.29, 1.82) is 0 Å². The maximum atomic E-state index is 12.7. The average Bonchev–Trinajstić information content (AvgIpc) is 2.63. The number of ether oxygens (including phenoxy) is 1. The SMILES string of the molecule is COC(=O)NC1CC(C(=O)N2CCC(c3cccc(C(C)(C)C)c3)CC2)C1. The largest absolute Gasteiger partial charge is 0.453 e. The molecule has 5 nitrogen and oxygen atoms in total. The van der Waals surface area contributed by atoms with Gasteiger partial charge >= 0.3 is 6.09 Å². The van der Waals surface area contributed by atoms with Crippen molar-refractivity contribution in [2.75, 3.05) is 20.2 Å². The van der Waals surface area contributed by atoms with Crippen LogP contribution in [0.1, 0.15) is 63.5 Å². The number of carbonyl (C=O) groups is 2. The summed E-state index contributed by atoms with van der Waals surface area (Å²) >= 11 is 0. The van der Waals surface area contributed by atoms with Crippen LogP contribution in [0, 0.1) is 5.92 Å². The van der Waals surface area contributed by atoms with Crippen molar-refractivity contribution in [2.24, 2.45) is 5.92 Å². The van der Waals surface area contributed by atoms with Gasteiger partial charge in [0.05, 0.1) is 7.11 Å². The molecule has 1 aromatic rings. The monoisotopic (exact) mass is 372 g/mol. The second-order valence-corrected chi connectivity index (χ2v) is 8.98. The smallest absolute Gasteiger partial charge is 0.407 e. The summed E-state index contributed by atoms with van der Waals surface area (Å²) in [5.41, 5.74) is 2.93. The highest BCUT2D eigenvalue weighted by Gasteiger charge is 2.38. The molecule has 1 heterocycles. The molecular weight excluding hydrogens is 340 g/mol. The Bertz CT molecular complexity index is 681. The third-order valence-electron chi connectivity index (χ3n) is 6.03. The van der Waals surface area contributed by atoms with Crippen LogP contribution in [0.25, 0.3) is 0 Å². The molecule has 2 amide bonds. The molecule has 0 unspecified atom stereocenters. The number of nitrogens with zero attached hydrogens (tertiary/aromatic N) is 1. The fraction of sp³-hybridized carbons (Fsp3) is 0.636. The van der Waals surface area contributed by atoms with E-state index in [1.807, 2.05) is 4.90 Å². The van der Waals surface area contributed by atoms with Crippen LogP contribution >= 0.6 is 0 Å². The number of alkyl carbamates (subject to hydrolysis) is 1. The molecule has 1 aromatic carbocycles. The van der Waals surface area contributed by atoms with Gasteiger partial charge in [-0.25, -0.2) is 4.79 Å². The van der Waals surface area contributed by atoms with Crippen molar-refractivity contribution in [3.05, 3.63) is 35.4 Å². The van der Waals surface area contributed by atoms with Gasteiger partial charge in [-0.3, -0.25) is 4.79 Å². The number of amides is 2. The number of likely N-dealkylation sites (tertiary alicyclic amines) is 1. The highest BCUT2D eigenvalue weighted by Crippen LogP contribution is 2.34. The lowest BCUT2D eigenvalue weighted by Crippen LogP contribution is -2.51. The standard InChI is InChI=1S/C22H32N2O3/c1-22(2,3)18-7-5-6-16(12-18)15-8-10-24(11-9-15)20(25)17-13-19(14-17)23-21(26)27-4/h5-7,12,15,17,19H,8-11,13-14H2,1-4H3,(H,23,26). The van der Waals surface area contributed by atoms with E-state index in [2.05, 4.69) is 55.1 Å². The van der Waals surface area contributed by atoms with E-state index in [1.54, 1.807) is 0 Å². The fourth-order valence-corrected chi connectivity index (χ4v) is 4.11. The number of hydrogen-bond donors (Lipinski definition) is 1. The first-order valence-electron chi connectivity index (χ1n) is 10.0. The topological polar surface area (TPSA) is 58.6 Å². The second-order valence-electron chi connectivity index (χ2n) is 8.98. The van der Waals surface area contributed by atoms with Crippen LogP contribution < -0.4 is 5.32 Å². The summed E-state index contributed by atoms with van der Waals surface area (Å²) in [6, 6.07) is 9.02. The highest BCUT2D eigenvalue weighted by molar-refractivity contribution is 5.80. The van der Waals surface area contributed by atoms with Crippen molar-refractivity contribution in [1.82, 2.24) is 10.2 Å². The Balaban J connectivity index is 1.50. The van der Waals surface area contributed by atoms with Crippen LogP contribution in [0.2, 0.25) is 0 Å². The molecule has 1 saturated heterocycles. The molecule has 2 aliphatic rings. The summed E-state index contributed by atoms with van der Waals surface area (Å²) in [4.78, 5) is 25.9. The minimum absolute atomic E-state index is 0.0490. The molecule has 0 atom stereocenters. The highest BCUT2D eigenvalue weighted by atomic mass is 16.5. The van der Waals surface area contributed by atoms with E-state index in [0.29, 0.717) is 5.92 Å². The first-order chi connectivity index (χ1) is 12.8. The van der Waals surface area contributed by atoms with Crippen LogP contribution in [-0.2, 0) is 14.9 Å². The zero-order valence-corrected chi connectivity index (χ0v) is 17.0. The zero-order chi connectivity index (χ0) is 19.6. The van der Waals surface area contributed by atoms with E-state index in [9.17, 15) is 9.59 Å². The van der Waals surface area contributed by atoms with E-state index in [0.717, 1.165) is 38.8 Å². The summed E-state index contributed by atoms with van der Waals surface area (Å²) in [5, 5.41) is 2.77. The van der Waals surface area contributed by atoms with Gasteiger partial charge in [-0.15, -0.1) is 0 Å². The lowest BCUT2D eigenvalue weighted by atomic mass is 9.78. The van der Waals surface area contributed by atoms with Gasteiger partial charge in [-0.05, 0) is 48.1 Å². The number of nitrogens with one attached hydrogen (secondary N) is 1. The molecule has 3 rings (SSSR count). The molecular formula is C22H32N2O3. The minimum Gasteiger partial charge on any atom is -0.453 e. The Morgan fingerprint density at radius 3 is 2.41 bits per heavy atom. The Kier molecular flexibility index (Phi) is 5.78. The van der Waals surface area contributed by atoms with E-state index < -0.39 is 6.09 Å². The maximum Gasteiger partial charge on any atom is 0.407 e. The van der Waals surface area contributed by atoms with Crippen molar-refractivity contribution < 1.29 is 14.3 Å². The summed E-state index contributed by atoms with van der Waals surface area (Å²) < 4.78 is 4.61. The first-order valence-corrected chi connectivity index (χ1v) is 10.0. The molecule has 1 saturated carbocycles. The van der Waals surface area contributed by atoms with Gasteiger partial charge in [0, 0.05) is 25.0 Å². The van der Waals surface area contributed by atoms with Gasteiger partial charge in [0.1, 0.15) is 0 Å². The molecule has 0 radical (unpaired) electrons. The number of hydrogen-bond acceptors (Lipinski definition) is 3. The van der Waals surface area contributed by atoms with Crippen molar-refractivity contribution in [3.63, 3.8) is 0 Å². The quantitative estimate of drug-likeness (QED) is 0.877. The van der Waals surface area contributed by atoms with Gasteiger partial charge < -0.3 is 15.0 Å². The first kappa shape index (κ1) is 19.7. The number of benzene rings is 1. The van der Waals surface area contributed by atoms with Crippen molar-refractivity contribution >= 4 is 12.0 Å². The summed E-state index contributed by atoms with van der Waals surface area (Å²) in [5.74, 6) is 0.833. The molecule has 0 bridgehead atoms. The van der Waals surface area contributed by atoms with Crippen LogP contribution in [0.3, 0.4) is 0 Å². The normalized spacial score (nSPS) is 23.5. The van der Waals surface area contributed by atoms with E-state index >= 15 is 0 Å². The minimum atomic E-state index is -0.413. The number of rotatable bonds is 3. The van der Waals surface area contributed by atoms with E-state index in [4.69, 9.17) is 0 Å². The molecule has 27 heavy (non-hydrogen) atoms. The number of methoxy groups -OCH3 is 1. The van der Waals surface area contributed by atoms with Crippen LogP contribution in [0.4, 0.5) is 4.79 Å². The van der Waals surface area contributed by atoms with Gasteiger partial charge in [-0.2, -0.15) is 0 Å². The predicted molar refractivity (Wildman–Crippen MR) is 106 cm³/mol. The molecule has 1 aliphatic heterocycles.